The van der Waals surface area contributed by atoms with Crippen molar-refractivity contribution in [1.29, 1.82) is 0 Å². The smallest absolute Gasteiger partial charge is 0.361 e. The van der Waals surface area contributed by atoms with E-state index >= 15 is 0 Å². The van der Waals surface area contributed by atoms with Gasteiger partial charge in [-0.1, -0.05) is 11.6 Å². The summed E-state index contributed by atoms with van der Waals surface area (Å²) in [5.74, 6) is -1.59. The Morgan fingerprint density at radius 1 is 1.42 bits per heavy atom. The lowest BCUT2D eigenvalue weighted by molar-refractivity contribution is -0.144. The van der Waals surface area contributed by atoms with Crippen LogP contribution in [0.25, 0.3) is 4.85 Å². The molecule has 0 aliphatic heterocycles. The van der Waals surface area contributed by atoms with E-state index in [1.165, 1.54) is 0 Å². The van der Waals surface area contributed by atoms with Gasteiger partial charge in [0, 0.05) is 6.20 Å². The van der Waals surface area contributed by atoms with E-state index < -0.39 is 12.0 Å². The second-order valence-electron chi connectivity index (χ2n) is 1.85. The highest BCUT2D eigenvalue weighted by molar-refractivity contribution is 5.33. The molecule has 0 atom stereocenters. The van der Waals surface area contributed by atoms with E-state index in [-0.39, 0.29) is 5.82 Å². The van der Waals surface area contributed by atoms with Gasteiger partial charge in [0.25, 0.3) is 5.82 Å². The van der Waals surface area contributed by atoms with Gasteiger partial charge in [0.15, 0.2) is 0 Å². The predicted molar refractivity (Wildman–Crippen MR) is 33.3 cm³/mol. The lowest BCUT2D eigenvalue weighted by atomic mass is 10.5. The highest BCUT2D eigenvalue weighted by Crippen LogP contribution is 2.26. The molecule has 0 bridgehead atoms. The molecule has 0 aromatic carbocycles. The van der Waals surface area contributed by atoms with Gasteiger partial charge in [-0.3, -0.25) is 0 Å². The molecule has 1 aromatic heterocycles. The quantitative estimate of drug-likeness (QED) is 0.562. The standard InChI is InChI=1S/C6H2F3N3/c1-10-4-2-3-11-5(12-4)6(7,8)9/h2-3H. The second-order valence-corrected chi connectivity index (χ2v) is 1.85. The summed E-state index contributed by atoms with van der Waals surface area (Å²) in [5, 5.41) is 0. The summed E-state index contributed by atoms with van der Waals surface area (Å²) in [6.45, 7) is 6.41. The maximum atomic E-state index is 11.9. The molecule has 0 N–H and O–H groups in total. The van der Waals surface area contributed by atoms with Crippen LogP contribution in [0.4, 0.5) is 19.0 Å². The molecule has 1 rings (SSSR count). The first-order valence-corrected chi connectivity index (χ1v) is 2.82. The van der Waals surface area contributed by atoms with Gasteiger partial charge in [-0.15, -0.1) is 0 Å². The van der Waals surface area contributed by atoms with Crippen LogP contribution in [-0.4, -0.2) is 9.97 Å². The molecule has 12 heavy (non-hydrogen) atoms. The van der Waals surface area contributed by atoms with E-state index in [9.17, 15) is 13.2 Å². The zero-order valence-electron chi connectivity index (χ0n) is 5.63. The Morgan fingerprint density at radius 2 is 2.08 bits per heavy atom. The van der Waals surface area contributed by atoms with Crippen LogP contribution in [0.5, 0.6) is 0 Å². The van der Waals surface area contributed by atoms with Crippen LogP contribution in [0.1, 0.15) is 5.82 Å². The summed E-state index contributed by atoms with van der Waals surface area (Å²) in [4.78, 5) is 8.70. The summed E-state index contributed by atoms with van der Waals surface area (Å²) in [6, 6.07) is 1.11. The topological polar surface area (TPSA) is 30.1 Å². The number of hydrogen-bond donors (Lipinski definition) is 0. The Morgan fingerprint density at radius 3 is 2.58 bits per heavy atom. The molecule has 0 amide bonds. The molecule has 1 heterocycles. The van der Waals surface area contributed by atoms with Gasteiger partial charge in [-0.2, -0.15) is 13.2 Å². The van der Waals surface area contributed by atoms with Crippen molar-refractivity contribution in [1.82, 2.24) is 9.97 Å². The molecule has 1 aromatic rings. The third-order valence-electron chi connectivity index (χ3n) is 1.01. The molecule has 0 aliphatic carbocycles. The Hall–Kier alpha value is -1.64. The zero-order chi connectivity index (χ0) is 9.19. The predicted octanol–water partition coefficient (Wildman–Crippen LogP) is 2.05. The van der Waals surface area contributed by atoms with Crippen molar-refractivity contribution in [3.63, 3.8) is 0 Å². The highest BCUT2D eigenvalue weighted by Gasteiger charge is 2.38. The van der Waals surface area contributed by atoms with Crippen LogP contribution in [0.3, 0.4) is 0 Å². The Labute approximate surface area is 65.7 Å². The SMILES string of the molecule is [C-]#[N+]c1ccnc(C(F)(F)F)n1. The van der Waals surface area contributed by atoms with Gasteiger partial charge < -0.3 is 4.85 Å². The number of alkyl halides is 3. The van der Waals surface area contributed by atoms with Crippen molar-refractivity contribution >= 4 is 5.82 Å². The Kier molecular flexibility index (Phi) is 1.95. The minimum atomic E-state index is -4.58. The zero-order valence-corrected chi connectivity index (χ0v) is 5.63. The molecule has 6 heteroatoms. The van der Waals surface area contributed by atoms with Crippen molar-refractivity contribution in [2.24, 2.45) is 0 Å². The van der Waals surface area contributed by atoms with Crippen LogP contribution < -0.4 is 0 Å². The first-order valence-electron chi connectivity index (χ1n) is 2.82. The van der Waals surface area contributed by atoms with Crippen molar-refractivity contribution in [3.05, 3.63) is 29.5 Å². The Bertz CT molecular complexity index is 326. The summed E-state index contributed by atoms with van der Waals surface area (Å²) < 4.78 is 35.6. The van der Waals surface area contributed by atoms with Crippen molar-refractivity contribution in [3.8, 4) is 0 Å². The van der Waals surface area contributed by atoms with E-state index in [0.29, 0.717) is 0 Å². The maximum absolute atomic E-state index is 11.9. The first-order chi connectivity index (χ1) is 5.54. The molecule has 3 nitrogen and oxygen atoms in total. The summed E-state index contributed by atoms with van der Waals surface area (Å²) in [7, 11) is 0. The third-order valence-corrected chi connectivity index (χ3v) is 1.01. The molecule has 0 saturated carbocycles. The second kappa shape index (κ2) is 2.77. The number of rotatable bonds is 0. The van der Waals surface area contributed by atoms with Gasteiger partial charge in [-0.25, -0.2) is 4.98 Å². The largest absolute Gasteiger partial charge is 0.475 e. The van der Waals surface area contributed by atoms with Crippen LogP contribution in [0, 0.1) is 6.57 Å². The van der Waals surface area contributed by atoms with Gasteiger partial charge in [0.2, 0.25) is 0 Å². The highest BCUT2D eigenvalue weighted by atomic mass is 19.4. The monoisotopic (exact) mass is 173 g/mol. The van der Waals surface area contributed by atoms with Gasteiger partial charge >= 0.3 is 12.0 Å². The lowest BCUT2D eigenvalue weighted by Crippen LogP contribution is -2.09. The molecule has 0 fully saturated rings. The van der Waals surface area contributed by atoms with Crippen LogP contribution >= 0.6 is 0 Å². The van der Waals surface area contributed by atoms with E-state index in [0.717, 1.165) is 12.3 Å². The van der Waals surface area contributed by atoms with Crippen LogP contribution in [-0.2, 0) is 6.18 Å². The fourth-order valence-electron chi connectivity index (χ4n) is 0.548. The summed E-state index contributed by atoms with van der Waals surface area (Å²) in [6.07, 6.45) is -3.68. The van der Waals surface area contributed by atoms with Gasteiger partial charge in [0.1, 0.15) is 0 Å². The first kappa shape index (κ1) is 8.46. The molecule has 62 valence electrons. The molecule has 0 saturated heterocycles. The number of halogens is 3. The third kappa shape index (κ3) is 1.69. The van der Waals surface area contributed by atoms with E-state index in [4.69, 9.17) is 6.57 Å². The van der Waals surface area contributed by atoms with Gasteiger partial charge in [0.05, 0.1) is 0 Å². The van der Waals surface area contributed by atoms with E-state index in [2.05, 4.69) is 14.8 Å². The molecule has 0 aliphatic rings. The lowest BCUT2D eigenvalue weighted by Gasteiger charge is -1.99. The average molecular weight is 173 g/mol. The maximum Gasteiger partial charge on any atom is 0.475 e. The average Bonchev–Trinajstić information content (AvgIpc) is 2.03. The van der Waals surface area contributed by atoms with Crippen LogP contribution in [0.2, 0.25) is 0 Å². The molecule has 0 unspecified atom stereocenters. The number of aromatic nitrogens is 2. The molecular formula is C6H2F3N3. The van der Waals surface area contributed by atoms with E-state index in [1.54, 1.807) is 0 Å². The minimum absolute atomic E-state index is 0.308. The normalized spacial score (nSPS) is 10.8. The van der Waals surface area contributed by atoms with Crippen molar-refractivity contribution < 1.29 is 13.2 Å². The van der Waals surface area contributed by atoms with Crippen molar-refractivity contribution in [2.75, 3.05) is 0 Å². The number of nitrogens with zero attached hydrogens (tertiary/aromatic N) is 3. The van der Waals surface area contributed by atoms with Crippen molar-refractivity contribution in [2.45, 2.75) is 6.18 Å². The van der Waals surface area contributed by atoms with E-state index in [1.807, 2.05) is 0 Å². The van der Waals surface area contributed by atoms with Gasteiger partial charge in [-0.05, 0) is 6.07 Å². The Balaban J connectivity index is 3.13. The summed E-state index contributed by atoms with van der Waals surface area (Å²) in [5.41, 5.74) is 0. The molecule has 0 spiro atoms. The van der Waals surface area contributed by atoms with Crippen LogP contribution in [0.15, 0.2) is 12.3 Å². The number of hydrogen-bond acceptors (Lipinski definition) is 2. The summed E-state index contributed by atoms with van der Waals surface area (Å²) >= 11 is 0. The fraction of sp³-hybridized carbons (Fsp3) is 0.167. The molecule has 0 radical (unpaired) electrons. The minimum Gasteiger partial charge on any atom is -0.361 e. The fourth-order valence-corrected chi connectivity index (χ4v) is 0.548. The molecular weight excluding hydrogens is 171 g/mol.